The van der Waals surface area contributed by atoms with E-state index < -0.39 is 0 Å². The maximum atomic E-state index is 6.17. The number of hydrogen-bond donors (Lipinski definition) is 1. The number of rotatable bonds is 3. The van der Waals surface area contributed by atoms with Gasteiger partial charge in [-0.1, -0.05) is 29.8 Å². The molecule has 1 aromatic carbocycles. The molecule has 3 aliphatic heterocycles. The van der Waals surface area contributed by atoms with Gasteiger partial charge in [0.15, 0.2) is 0 Å². The Morgan fingerprint density at radius 2 is 1.84 bits per heavy atom. The summed E-state index contributed by atoms with van der Waals surface area (Å²) in [5, 5.41) is 4.56. The fraction of sp³-hybridized carbons (Fsp3) is 0.571. The largest absolute Gasteiger partial charge is 0.308 e. The molecule has 0 spiro atoms. The van der Waals surface area contributed by atoms with E-state index in [0.717, 1.165) is 17.5 Å². The summed E-state index contributed by atoms with van der Waals surface area (Å²) in [5.74, 6) is 0.877. The Labute approximate surface area is 132 Å². The first-order chi connectivity index (χ1) is 8.33. The molecule has 1 N–H and O–H groups in total. The van der Waals surface area contributed by atoms with Crippen molar-refractivity contribution in [1.82, 2.24) is 10.2 Å². The third kappa shape index (κ3) is 3.99. The first-order valence-electron chi connectivity index (χ1n) is 6.52. The van der Waals surface area contributed by atoms with Gasteiger partial charge in [0.05, 0.1) is 0 Å². The van der Waals surface area contributed by atoms with Gasteiger partial charge in [0.1, 0.15) is 0 Å². The molecule has 1 aromatic rings. The van der Waals surface area contributed by atoms with E-state index in [2.05, 4.69) is 22.3 Å². The highest BCUT2D eigenvalue weighted by molar-refractivity contribution is 6.31. The molecule has 0 aliphatic carbocycles. The van der Waals surface area contributed by atoms with Crippen LogP contribution < -0.4 is 5.32 Å². The molecule has 0 amide bonds. The standard InChI is InChI=1S/C14H19ClN2.2ClH/c15-13-4-2-1-3-12(13)9-16-14-10-17-7-5-11(14)6-8-17;;/h1-4,11,14,16H,5-10H2;2*1H. The average molecular weight is 324 g/mol. The van der Waals surface area contributed by atoms with Gasteiger partial charge in [0, 0.05) is 24.2 Å². The Morgan fingerprint density at radius 3 is 2.42 bits per heavy atom. The Hall–Kier alpha value is 0.01000. The van der Waals surface area contributed by atoms with Crippen molar-refractivity contribution in [2.24, 2.45) is 5.92 Å². The highest BCUT2D eigenvalue weighted by Gasteiger charge is 2.33. The van der Waals surface area contributed by atoms with Crippen molar-refractivity contribution in [3.8, 4) is 0 Å². The highest BCUT2D eigenvalue weighted by atomic mass is 35.5. The second kappa shape index (κ2) is 7.70. The smallest absolute Gasteiger partial charge is 0.0450 e. The monoisotopic (exact) mass is 322 g/mol. The second-order valence-corrected chi connectivity index (χ2v) is 5.62. The quantitative estimate of drug-likeness (QED) is 0.917. The number of hydrogen-bond acceptors (Lipinski definition) is 2. The lowest BCUT2D eigenvalue weighted by Crippen LogP contribution is -2.55. The molecule has 1 atom stereocenters. The molecule has 3 saturated heterocycles. The Bertz CT molecular complexity index is 392. The van der Waals surface area contributed by atoms with Crippen LogP contribution in [0.25, 0.3) is 0 Å². The molecule has 4 rings (SSSR count). The fourth-order valence-corrected chi connectivity index (χ4v) is 3.28. The molecule has 3 aliphatic rings. The van der Waals surface area contributed by atoms with Crippen LogP contribution in [0.3, 0.4) is 0 Å². The molecular weight excluding hydrogens is 303 g/mol. The number of fused-ring (bicyclic) bond motifs is 3. The van der Waals surface area contributed by atoms with Gasteiger partial charge in [0.25, 0.3) is 0 Å². The van der Waals surface area contributed by atoms with Crippen molar-refractivity contribution < 1.29 is 0 Å². The summed E-state index contributed by atoms with van der Waals surface area (Å²) in [5.41, 5.74) is 1.21. The van der Waals surface area contributed by atoms with E-state index in [1.165, 1.54) is 38.0 Å². The van der Waals surface area contributed by atoms with Crippen molar-refractivity contribution in [1.29, 1.82) is 0 Å². The van der Waals surface area contributed by atoms with Crippen LogP contribution in [0, 0.1) is 5.92 Å². The molecule has 1 unspecified atom stereocenters. The predicted molar refractivity (Wildman–Crippen MR) is 85.7 cm³/mol. The zero-order valence-electron chi connectivity index (χ0n) is 10.8. The second-order valence-electron chi connectivity index (χ2n) is 5.22. The van der Waals surface area contributed by atoms with Crippen molar-refractivity contribution in [2.75, 3.05) is 19.6 Å². The lowest BCUT2D eigenvalue weighted by molar-refractivity contribution is 0.0720. The van der Waals surface area contributed by atoms with Gasteiger partial charge in [-0.2, -0.15) is 0 Å². The minimum atomic E-state index is 0. The van der Waals surface area contributed by atoms with Gasteiger partial charge in [-0.05, 0) is 43.5 Å². The summed E-state index contributed by atoms with van der Waals surface area (Å²) >= 11 is 6.17. The summed E-state index contributed by atoms with van der Waals surface area (Å²) in [4.78, 5) is 2.57. The third-order valence-corrected chi connectivity index (χ3v) is 4.54. The number of nitrogens with zero attached hydrogens (tertiary/aromatic N) is 1. The van der Waals surface area contributed by atoms with Crippen LogP contribution in [-0.2, 0) is 6.54 Å². The van der Waals surface area contributed by atoms with E-state index in [9.17, 15) is 0 Å². The number of piperidine rings is 3. The van der Waals surface area contributed by atoms with Gasteiger partial charge >= 0.3 is 0 Å². The zero-order chi connectivity index (χ0) is 11.7. The molecule has 0 aromatic heterocycles. The predicted octanol–water partition coefficient (Wildman–Crippen LogP) is 3.37. The Balaban J connectivity index is 0.000000902. The van der Waals surface area contributed by atoms with Crippen LogP contribution in [0.4, 0.5) is 0 Å². The lowest BCUT2D eigenvalue weighted by Gasteiger charge is -2.45. The molecule has 108 valence electrons. The van der Waals surface area contributed by atoms with E-state index in [-0.39, 0.29) is 24.8 Å². The van der Waals surface area contributed by atoms with E-state index in [1.807, 2.05) is 12.1 Å². The van der Waals surface area contributed by atoms with E-state index in [0.29, 0.717) is 6.04 Å². The minimum absolute atomic E-state index is 0. The summed E-state index contributed by atoms with van der Waals surface area (Å²) in [6, 6.07) is 8.78. The maximum absolute atomic E-state index is 6.17. The normalized spacial score (nSPS) is 28.4. The molecule has 3 fully saturated rings. The fourth-order valence-electron chi connectivity index (χ4n) is 3.08. The molecular formula is C14H21Cl3N2. The van der Waals surface area contributed by atoms with E-state index >= 15 is 0 Å². The SMILES string of the molecule is Cl.Cl.Clc1ccccc1CNC1CN2CCC1CC2. The van der Waals surface area contributed by atoms with Crippen LogP contribution in [-0.4, -0.2) is 30.6 Å². The number of benzene rings is 1. The van der Waals surface area contributed by atoms with E-state index in [4.69, 9.17) is 11.6 Å². The molecule has 3 heterocycles. The molecule has 0 radical (unpaired) electrons. The summed E-state index contributed by atoms with van der Waals surface area (Å²) in [6.07, 6.45) is 2.72. The number of halogens is 3. The molecule has 2 nitrogen and oxygen atoms in total. The maximum Gasteiger partial charge on any atom is 0.0450 e. The van der Waals surface area contributed by atoms with Gasteiger partial charge in [-0.15, -0.1) is 24.8 Å². The Morgan fingerprint density at radius 1 is 1.16 bits per heavy atom. The van der Waals surface area contributed by atoms with Crippen LogP contribution in [0.1, 0.15) is 18.4 Å². The summed E-state index contributed by atoms with van der Waals surface area (Å²) < 4.78 is 0. The lowest BCUT2D eigenvalue weighted by atomic mass is 9.84. The highest BCUT2D eigenvalue weighted by Crippen LogP contribution is 2.27. The number of nitrogens with one attached hydrogen (secondary N) is 1. The van der Waals surface area contributed by atoms with E-state index in [1.54, 1.807) is 0 Å². The van der Waals surface area contributed by atoms with Crippen LogP contribution >= 0.6 is 36.4 Å². The van der Waals surface area contributed by atoms with Crippen molar-refractivity contribution in [3.05, 3.63) is 34.9 Å². The zero-order valence-corrected chi connectivity index (χ0v) is 13.2. The average Bonchev–Trinajstić information content (AvgIpc) is 2.39. The molecule has 2 bridgehead atoms. The molecule has 0 saturated carbocycles. The van der Waals surface area contributed by atoms with Crippen LogP contribution in [0.5, 0.6) is 0 Å². The Kier molecular flexibility index (Phi) is 6.92. The van der Waals surface area contributed by atoms with Gasteiger partial charge < -0.3 is 10.2 Å². The first-order valence-corrected chi connectivity index (χ1v) is 6.90. The summed E-state index contributed by atoms with van der Waals surface area (Å²) in [7, 11) is 0. The van der Waals surface area contributed by atoms with Crippen molar-refractivity contribution in [3.63, 3.8) is 0 Å². The first kappa shape index (κ1) is 17.1. The van der Waals surface area contributed by atoms with Gasteiger partial charge in [0.2, 0.25) is 0 Å². The summed E-state index contributed by atoms with van der Waals surface area (Å²) in [6.45, 7) is 4.72. The van der Waals surface area contributed by atoms with Crippen LogP contribution in [0.2, 0.25) is 5.02 Å². The van der Waals surface area contributed by atoms with Gasteiger partial charge in [-0.25, -0.2) is 0 Å². The van der Waals surface area contributed by atoms with Gasteiger partial charge in [-0.3, -0.25) is 0 Å². The van der Waals surface area contributed by atoms with Crippen LogP contribution in [0.15, 0.2) is 24.3 Å². The topological polar surface area (TPSA) is 15.3 Å². The van der Waals surface area contributed by atoms with Crippen molar-refractivity contribution in [2.45, 2.75) is 25.4 Å². The molecule has 5 heteroatoms. The minimum Gasteiger partial charge on any atom is -0.308 e. The molecule has 19 heavy (non-hydrogen) atoms. The van der Waals surface area contributed by atoms with Crippen molar-refractivity contribution >= 4 is 36.4 Å². The third-order valence-electron chi connectivity index (χ3n) is 4.17.